The molecule has 1 heterocycles. The van der Waals surface area contributed by atoms with Crippen LogP contribution in [0.25, 0.3) is 11.0 Å². The summed E-state index contributed by atoms with van der Waals surface area (Å²) in [6.07, 6.45) is 1.54. The maximum Gasteiger partial charge on any atom is 0.313 e. The standard InChI is InChI=1S/C10H10N2O3/c13-4-7(10(14)15)6-1-2-8-9(3-6)12-5-11-8/h1-3,5,7,13H,4H2,(H,11,12)(H,14,15). The van der Waals surface area contributed by atoms with Gasteiger partial charge in [0.2, 0.25) is 0 Å². The largest absolute Gasteiger partial charge is 0.481 e. The van der Waals surface area contributed by atoms with Crippen LogP contribution in [0, 0.1) is 0 Å². The van der Waals surface area contributed by atoms with Crippen molar-refractivity contribution in [1.82, 2.24) is 9.97 Å². The molecule has 1 atom stereocenters. The number of nitrogens with one attached hydrogen (secondary N) is 1. The van der Waals surface area contributed by atoms with Gasteiger partial charge in [0.25, 0.3) is 0 Å². The molecule has 0 saturated heterocycles. The monoisotopic (exact) mass is 206 g/mol. The molecule has 3 N–H and O–H groups in total. The van der Waals surface area contributed by atoms with Gasteiger partial charge in [-0.3, -0.25) is 4.79 Å². The zero-order chi connectivity index (χ0) is 10.8. The van der Waals surface area contributed by atoms with Crippen molar-refractivity contribution in [2.24, 2.45) is 0 Å². The maximum absolute atomic E-state index is 10.8. The number of H-pyrrole nitrogens is 1. The predicted octanol–water partition coefficient (Wildman–Crippen LogP) is 0.723. The topological polar surface area (TPSA) is 86.2 Å². The van der Waals surface area contributed by atoms with E-state index in [1.165, 1.54) is 0 Å². The van der Waals surface area contributed by atoms with Gasteiger partial charge < -0.3 is 15.2 Å². The predicted molar refractivity (Wildman–Crippen MR) is 53.6 cm³/mol. The molecular weight excluding hydrogens is 196 g/mol. The van der Waals surface area contributed by atoms with Crippen LogP contribution in [0.2, 0.25) is 0 Å². The van der Waals surface area contributed by atoms with Crippen LogP contribution in [-0.2, 0) is 4.79 Å². The van der Waals surface area contributed by atoms with Gasteiger partial charge in [-0.25, -0.2) is 4.98 Å². The second kappa shape index (κ2) is 3.70. The number of aliphatic hydroxyl groups excluding tert-OH is 1. The van der Waals surface area contributed by atoms with Gasteiger partial charge in [-0.1, -0.05) is 6.07 Å². The number of imidazole rings is 1. The van der Waals surface area contributed by atoms with Gasteiger partial charge in [0.15, 0.2) is 0 Å². The third-order valence-electron chi connectivity index (χ3n) is 2.33. The number of carbonyl (C=O) groups is 1. The summed E-state index contributed by atoms with van der Waals surface area (Å²) < 4.78 is 0. The summed E-state index contributed by atoms with van der Waals surface area (Å²) in [6.45, 7) is -0.408. The molecule has 1 aromatic heterocycles. The number of hydrogen-bond donors (Lipinski definition) is 3. The van der Waals surface area contributed by atoms with Crippen molar-refractivity contribution in [3.63, 3.8) is 0 Å². The van der Waals surface area contributed by atoms with Crippen LogP contribution in [0.1, 0.15) is 11.5 Å². The van der Waals surface area contributed by atoms with Crippen molar-refractivity contribution < 1.29 is 15.0 Å². The summed E-state index contributed by atoms with van der Waals surface area (Å²) >= 11 is 0. The normalized spacial score (nSPS) is 12.9. The van der Waals surface area contributed by atoms with E-state index in [9.17, 15) is 4.79 Å². The van der Waals surface area contributed by atoms with Crippen molar-refractivity contribution in [3.05, 3.63) is 30.1 Å². The van der Waals surface area contributed by atoms with Gasteiger partial charge in [0.1, 0.15) is 5.92 Å². The molecule has 1 aromatic carbocycles. The quantitative estimate of drug-likeness (QED) is 0.690. The van der Waals surface area contributed by atoms with E-state index in [1.54, 1.807) is 24.5 Å². The number of carboxylic acids is 1. The molecule has 15 heavy (non-hydrogen) atoms. The average Bonchev–Trinajstić information content (AvgIpc) is 2.65. The highest BCUT2D eigenvalue weighted by Crippen LogP contribution is 2.19. The number of nitrogens with zero attached hydrogens (tertiary/aromatic N) is 1. The molecule has 0 radical (unpaired) electrons. The molecular formula is C10H10N2O3. The number of rotatable bonds is 3. The van der Waals surface area contributed by atoms with Gasteiger partial charge in [-0.05, 0) is 17.7 Å². The van der Waals surface area contributed by atoms with Crippen LogP contribution in [0.15, 0.2) is 24.5 Å². The van der Waals surface area contributed by atoms with E-state index in [0.29, 0.717) is 5.56 Å². The number of carboxylic acid groups (broad SMARTS) is 1. The number of benzene rings is 1. The molecule has 2 rings (SSSR count). The third kappa shape index (κ3) is 1.69. The Balaban J connectivity index is 2.46. The Morgan fingerprint density at radius 3 is 3.00 bits per heavy atom. The van der Waals surface area contributed by atoms with Crippen LogP contribution < -0.4 is 0 Å². The van der Waals surface area contributed by atoms with Gasteiger partial charge in [0, 0.05) is 0 Å². The van der Waals surface area contributed by atoms with Gasteiger partial charge in [0.05, 0.1) is 24.0 Å². The van der Waals surface area contributed by atoms with E-state index < -0.39 is 18.5 Å². The van der Waals surface area contributed by atoms with Gasteiger partial charge >= 0.3 is 5.97 Å². The van der Waals surface area contributed by atoms with Crippen LogP contribution >= 0.6 is 0 Å². The van der Waals surface area contributed by atoms with Gasteiger partial charge in [-0.2, -0.15) is 0 Å². The SMILES string of the molecule is O=C(O)C(CO)c1ccc2nc[nH]c2c1. The van der Waals surface area contributed by atoms with E-state index in [0.717, 1.165) is 11.0 Å². The highest BCUT2D eigenvalue weighted by molar-refractivity contribution is 5.80. The minimum Gasteiger partial charge on any atom is -0.481 e. The number of fused-ring (bicyclic) bond motifs is 1. The van der Waals surface area contributed by atoms with Crippen molar-refractivity contribution >= 4 is 17.0 Å². The van der Waals surface area contributed by atoms with Crippen molar-refractivity contribution in [1.29, 1.82) is 0 Å². The Morgan fingerprint density at radius 2 is 2.33 bits per heavy atom. The summed E-state index contributed by atoms with van der Waals surface area (Å²) in [4.78, 5) is 17.7. The zero-order valence-corrected chi connectivity index (χ0v) is 7.84. The fourth-order valence-electron chi connectivity index (χ4n) is 1.50. The summed E-state index contributed by atoms with van der Waals surface area (Å²) in [6, 6.07) is 5.09. The molecule has 0 aliphatic heterocycles. The lowest BCUT2D eigenvalue weighted by Gasteiger charge is -2.08. The Morgan fingerprint density at radius 1 is 1.53 bits per heavy atom. The second-order valence-electron chi connectivity index (χ2n) is 3.25. The first-order valence-electron chi connectivity index (χ1n) is 4.49. The first-order chi connectivity index (χ1) is 7.22. The van der Waals surface area contributed by atoms with Crippen molar-refractivity contribution in [2.75, 3.05) is 6.61 Å². The lowest BCUT2D eigenvalue weighted by Crippen LogP contribution is -2.15. The van der Waals surface area contributed by atoms with E-state index in [-0.39, 0.29) is 0 Å². The Bertz CT molecular complexity index is 492. The second-order valence-corrected chi connectivity index (χ2v) is 3.25. The van der Waals surface area contributed by atoms with E-state index in [4.69, 9.17) is 10.2 Å². The molecule has 0 amide bonds. The average molecular weight is 206 g/mol. The molecule has 78 valence electrons. The lowest BCUT2D eigenvalue weighted by molar-refractivity contribution is -0.139. The maximum atomic E-state index is 10.8. The van der Waals surface area contributed by atoms with E-state index in [2.05, 4.69) is 9.97 Å². The minimum absolute atomic E-state index is 0.408. The summed E-state index contributed by atoms with van der Waals surface area (Å²) in [5.74, 6) is -1.91. The molecule has 5 heteroatoms. The number of aliphatic hydroxyl groups is 1. The molecule has 0 spiro atoms. The highest BCUT2D eigenvalue weighted by Gasteiger charge is 2.18. The number of hydrogen-bond acceptors (Lipinski definition) is 3. The summed E-state index contributed by atoms with van der Waals surface area (Å²) in [5.41, 5.74) is 2.12. The fourth-order valence-corrected chi connectivity index (χ4v) is 1.50. The zero-order valence-electron chi connectivity index (χ0n) is 7.84. The Hall–Kier alpha value is -1.88. The van der Waals surface area contributed by atoms with E-state index >= 15 is 0 Å². The number of aliphatic carboxylic acids is 1. The fraction of sp³-hybridized carbons (Fsp3) is 0.200. The third-order valence-corrected chi connectivity index (χ3v) is 2.33. The van der Waals surface area contributed by atoms with Crippen molar-refractivity contribution in [2.45, 2.75) is 5.92 Å². The number of aromatic amines is 1. The first kappa shape index (κ1) is 9.67. The molecule has 2 aromatic rings. The molecule has 0 aliphatic carbocycles. The minimum atomic E-state index is -1.03. The Kier molecular flexibility index (Phi) is 2.39. The number of aromatic nitrogens is 2. The molecule has 5 nitrogen and oxygen atoms in total. The van der Waals surface area contributed by atoms with E-state index in [1.807, 2.05) is 0 Å². The van der Waals surface area contributed by atoms with Gasteiger partial charge in [-0.15, -0.1) is 0 Å². The van der Waals surface area contributed by atoms with Crippen LogP contribution in [0.3, 0.4) is 0 Å². The molecule has 0 bridgehead atoms. The van der Waals surface area contributed by atoms with Crippen molar-refractivity contribution in [3.8, 4) is 0 Å². The molecule has 0 fully saturated rings. The smallest absolute Gasteiger partial charge is 0.313 e. The molecule has 1 unspecified atom stereocenters. The summed E-state index contributed by atoms with van der Waals surface area (Å²) in [7, 11) is 0. The highest BCUT2D eigenvalue weighted by atomic mass is 16.4. The van der Waals surface area contributed by atoms with Crippen LogP contribution in [0.5, 0.6) is 0 Å². The van der Waals surface area contributed by atoms with Crippen LogP contribution in [-0.4, -0.2) is 32.8 Å². The first-order valence-corrected chi connectivity index (χ1v) is 4.49. The molecule has 0 aliphatic rings. The van der Waals surface area contributed by atoms with Crippen LogP contribution in [0.4, 0.5) is 0 Å². The Labute approximate surface area is 85.4 Å². The lowest BCUT2D eigenvalue weighted by atomic mass is 10.00. The summed E-state index contributed by atoms with van der Waals surface area (Å²) in [5, 5.41) is 17.8. The molecule has 0 saturated carbocycles.